The summed E-state index contributed by atoms with van der Waals surface area (Å²) in [6.07, 6.45) is 1.46. The molecule has 1 aliphatic rings. The second kappa shape index (κ2) is 6.06. The van der Waals surface area contributed by atoms with Gasteiger partial charge in [-0.25, -0.2) is 0 Å². The molecule has 0 aromatic heterocycles. The first-order valence-corrected chi connectivity index (χ1v) is 6.72. The Morgan fingerprint density at radius 3 is 2.84 bits per heavy atom. The number of methoxy groups -OCH3 is 1. The molecule has 4 heteroatoms. The fourth-order valence-corrected chi connectivity index (χ4v) is 2.27. The third-order valence-electron chi connectivity index (χ3n) is 3.34. The van der Waals surface area contributed by atoms with Gasteiger partial charge in [-0.05, 0) is 42.5 Å². The molecule has 104 valence electrons. The molecule has 1 aromatic rings. The number of amides is 1. The SMILES string of the molecule is COc1ccc(NC(=O)C2CCCO2)cc1C(C)C. The van der Waals surface area contributed by atoms with Crippen LogP contribution in [0.25, 0.3) is 0 Å². The maximum Gasteiger partial charge on any atom is 0.253 e. The van der Waals surface area contributed by atoms with Crippen LogP contribution in [-0.2, 0) is 9.53 Å². The van der Waals surface area contributed by atoms with Crippen molar-refractivity contribution < 1.29 is 14.3 Å². The number of hydrogen-bond donors (Lipinski definition) is 1. The van der Waals surface area contributed by atoms with Crippen LogP contribution < -0.4 is 10.1 Å². The molecule has 0 bridgehead atoms. The summed E-state index contributed by atoms with van der Waals surface area (Å²) in [4.78, 5) is 12.0. The molecule has 1 unspecified atom stereocenters. The van der Waals surface area contributed by atoms with Gasteiger partial charge in [0.1, 0.15) is 11.9 Å². The number of carbonyl (C=O) groups is 1. The molecule has 1 fully saturated rings. The minimum atomic E-state index is -0.301. The fourth-order valence-electron chi connectivity index (χ4n) is 2.27. The Morgan fingerprint density at radius 2 is 2.26 bits per heavy atom. The van der Waals surface area contributed by atoms with Crippen molar-refractivity contribution in [2.75, 3.05) is 19.0 Å². The van der Waals surface area contributed by atoms with Crippen molar-refractivity contribution in [2.24, 2.45) is 0 Å². The van der Waals surface area contributed by atoms with Crippen molar-refractivity contribution in [2.45, 2.75) is 38.7 Å². The van der Waals surface area contributed by atoms with Crippen molar-refractivity contribution >= 4 is 11.6 Å². The van der Waals surface area contributed by atoms with Crippen LogP contribution in [0, 0.1) is 0 Å². The molecule has 1 aliphatic heterocycles. The number of carbonyl (C=O) groups excluding carboxylic acids is 1. The smallest absolute Gasteiger partial charge is 0.253 e. The summed E-state index contributed by atoms with van der Waals surface area (Å²) in [7, 11) is 1.66. The third kappa shape index (κ3) is 3.26. The molecule has 0 saturated carbocycles. The Labute approximate surface area is 114 Å². The molecule has 0 radical (unpaired) electrons. The number of nitrogens with one attached hydrogen (secondary N) is 1. The number of rotatable bonds is 4. The van der Waals surface area contributed by atoms with E-state index in [1.54, 1.807) is 7.11 Å². The van der Waals surface area contributed by atoms with Gasteiger partial charge in [0.25, 0.3) is 5.91 Å². The fraction of sp³-hybridized carbons (Fsp3) is 0.533. The lowest BCUT2D eigenvalue weighted by molar-refractivity contribution is -0.124. The Morgan fingerprint density at radius 1 is 1.47 bits per heavy atom. The van der Waals surface area contributed by atoms with Crippen molar-refractivity contribution in [3.05, 3.63) is 23.8 Å². The summed E-state index contributed by atoms with van der Waals surface area (Å²) in [6.45, 7) is 4.88. The highest BCUT2D eigenvalue weighted by Crippen LogP contribution is 2.29. The predicted molar refractivity (Wildman–Crippen MR) is 74.7 cm³/mol. The molecule has 19 heavy (non-hydrogen) atoms. The van der Waals surface area contributed by atoms with Crippen LogP contribution in [0.3, 0.4) is 0 Å². The van der Waals surface area contributed by atoms with E-state index in [9.17, 15) is 4.79 Å². The molecule has 1 heterocycles. The molecular formula is C15H21NO3. The lowest BCUT2D eigenvalue weighted by Gasteiger charge is -2.15. The molecule has 1 aromatic carbocycles. The van der Waals surface area contributed by atoms with Gasteiger partial charge in [-0.2, -0.15) is 0 Å². The maximum absolute atomic E-state index is 12.0. The second-order valence-corrected chi connectivity index (χ2v) is 5.10. The van der Waals surface area contributed by atoms with Crippen LogP contribution >= 0.6 is 0 Å². The van der Waals surface area contributed by atoms with Gasteiger partial charge in [0.2, 0.25) is 0 Å². The van der Waals surface area contributed by atoms with Crippen LogP contribution in [-0.4, -0.2) is 25.7 Å². The monoisotopic (exact) mass is 263 g/mol. The molecule has 1 amide bonds. The van der Waals surface area contributed by atoms with Gasteiger partial charge in [-0.1, -0.05) is 13.8 Å². The number of anilines is 1. The van der Waals surface area contributed by atoms with Gasteiger partial charge in [0.15, 0.2) is 0 Å². The predicted octanol–water partition coefficient (Wildman–Crippen LogP) is 2.94. The zero-order chi connectivity index (χ0) is 13.8. The molecule has 4 nitrogen and oxygen atoms in total. The Balaban J connectivity index is 2.12. The van der Waals surface area contributed by atoms with Crippen molar-refractivity contribution in [1.29, 1.82) is 0 Å². The molecular weight excluding hydrogens is 242 g/mol. The molecule has 0 spiro atoms. The van der Waals surface area contributed by atoms with Crippen LogP contribution in [0.5, 0.6) is 5.75 Å². The van der Waals surface area contributed by atoms with E-state index in [0.29, 0.717) is 12.5 Å². The quantitative estimate of drug-likeness (QED) is 0.908. The molecule has 1 atom stereocenters. The van der Waals surface area contributed by atoms with E-state index < -0.39 is 0 Å². The lowest BCUT2D eigenvalue weighted by atomic mass is 10.0. The van der Waals surface area contributed by atoms with Gasteiger partial charge in [0, 0.05) is 12.3 Å². The minimum Gasteiger partial charge on any atom is -0.496 e. The number of benzene rings is 1. The normalized spacial score (nSPS) is 18.6. The van der Waals surface area contributed by atoms with E-state index >= 15 is 0 Å². The zero-order valence-electron chi connectivity index (χ0n) is 11.7. The highest BCUT2D eigenvalue weighted by Gasteiger charge is 2.23. The van der Waals surface area contributed by atoms with E-state index in [2.05, 4.69) is 19.2 Å². The average molecular weight is 263 g/mol. The second-order valence-electron chi connectivity index (χ2n) is 5.10. The Kier molecular flexibility index (Phi) is 4.43. The van der Waals surface area contributed by atoms with Crippen LogP contribution in [0.15, 0.2) is 18.2 Å². The van der Waals surface area contributed by atoms with Gasteiger partial charge in [-0.3, -0.25) is 4.79 Å². The summed E-state index contributed by atoms with van der Waals surface area (Å²) >= 11 is 0. The molecule has 0 aliphatic carbocycles. The van der Waals surface area contributed by atoms with E-state index in [1.807, 2.05) is 18.2 Å². The van der Waals surface area contributed by atoms with Crippen LogP contribution in [0.4, 0.5) is 5.69 Å². The van der Waals surface area contributed by atoms with Crippen LogP contribution in [0.1, 0.15) is 38.2 Å². The highest BCUT2D eigenvalue weighted by atomic mass is 16.5. The Bertz CT molecular complexity index is 451. The van der Waals surface area contributed by atoms with Gasteiger partial charge in [0.05, 0.1) is 7.11 Å². The highest BCUT2D eigenvalue weighted by molar-refractivity contribution is 5.94. The first-order valence-electron chi connectivity index (χ1n) is 6.72. The largest absolute Gasteiger partial charge is 0.496 e. The van der Waals surface area contributed by atoms with Gasteiger partial charge in [-0.15, -0.1) is 0 Å². The molecule has 1 N–H and O–H groups in total. The summed E-state index contributed by atoms with van der Waals surface area (Å²) < 4.78 is 10.7. The van der Waals surface area contributed by atoms with Gasteiger partial charge >= 0.3 is 0 Å². The zero-order valence-corrected chi connectivity index (χ0v) is 11.7. The number of hydrogen-bond acceptors (Lipinski definition) is 3. The maximum atomic E-state index is 12.0. The molecule has 2 rings (SSSR count). The van der Waals surface area contributed by atoms with E-state index in [0.717, 1.165) is 29.8 Å². The summed E-state index contributed by atoms with van der Waals surface area (Å²) in [5, 5.41) is 2.91. The topological polar surface area (TPSA) is 47.6 Å². The minimum absolute atomic E-state index is 0.0580. The summed E-state index contributed by atoms with van der Waals surface area (Å²) in [6, 6.07) is 5.72. The summed E-state index contributed by atoms with van der Waals surface area (Å²) in [5.74, 6) is 1.14. The summed E-state index contributed by atoms with van der Waals surface area (Å²) in [5.41, 5.74) is 1.89. The van der Waals surface area contributed by atoms with Crippen molar-refractivity contribution in [3.63, 3.8) is 0 Å². The standard InChI is InChI=1S/C15H21NO3/c1-10(2)12-9-11(6-7-13(12)18-3)16-15(17)14-5-4-8-19-14/h6-7,9-10,14H,4-5,8H2,1-3H3,(H,16,17). The Hall–Kier alpha value is -1.55. The third-order valence-corrected chi connectivity index (χ3v) is 3.34. The van der Waals surface area contributed by atoms with Crippen molar-refractivity contribution in [3.8, 4) is 5.75 Å². The van der Waals surface area contributed by atoms with E-state index in [-0.39, 0.29) is 12.0 Å². The van der Waals surface area contributed by atoms with E-state index in [1.165, 1.54) is 0 Å². The number of ether oxygens (including phenoxy) is 2. The van der Waals surface area contributed by atoms with Crippen LogP contribution in [0.2, 0.25) is 0 Å². The average Bonchev–Trinajstić information content (AvgIpc) is 2.92. The van der Waals surface area contributed by atoms with Gasteiger partial charge < -0.3 is 14.8 Å². The lowest BCUT2D eigenvalue weighted by Crippen LogP contribution is -2.26. The first kappa shape index (κ1) is 13.9. The van der Waals surface area contributed by atoms with E-state index in [4.69, 9.17) is 9.47 Å². The molecule has 1 saturated heterocycles. The van der Waals surface area contributed by atoms with Crippen molar-refractivity contribution in [1.82, 2.24) is 0 Å². The first-order chi connectivity index (χ1) is 9.11.